The van der Waals surface area contributed by atoms with E-state index in [-0.39, 0.29) is 25.5 Å². The number of fused-ring (bicyclic) bond motifs is 2. The Bertz CT molecular complexity index is 1960. The number of hydrogen-bond donors (Lipinski definition) is 3. The summed E-state index contributed by atoms with van der Waals surface area (Å²) in [7, 11) is 0. The van der Waals surface area contributed by atoms with Crippen LogP contribution in [0.3, 0.4) is 0 Å². The van der Waals surface area contributed by atoms with Gasteiger partial charge in [-0.3, -0.25) is 24.2 Å². The van der Waals surface area contributed by atoms with Crippen molar-refractivity contribution in [2.24, 2.45) is 5.92 Å². The third-order valence-corrected chi connectivity index (χ3v) is 9.54. The number of benzene rings is 2. The lowest BCUT2D eigenvalue weighted by molar-refractivity contribution is -0.151. The van der Waals surface area contributed by atoms with Gasteiger partial charge in [0, 0.05) is 40.6 Å². The molecule has 252 valence electrons. The maximum Gasteiger partial charge on any atom is 0.307 e. The van der Waals surface area contributed by atoms with Crippen molar-refractivity contribution >= 4 is 50.9 Å². The predicted octanol–water partition coefficient (Wildman–Crippen LogP) is 6.18. The first-order chi connectivity index (χ1) is 23.6. The fraction of sp³-hybridized carbons (Fsp3) is 0.250. The Morgan fingerprint density at radius 2 is 1.78 bits per heavy atom. The van der Waals surface area contributed by atoms with Crippen molar-refractivity contribution in [1.29, 1.82) is 0 Å². The minimum absolute atomic E-state index is 0.0727. The molecule has 0 radical (unpaired) electrons. The zero-order valence-corrected chi connectivity index (χ0v) is 27.2. The molecule has 3 atom stereocenters. The molecule has 3 aromatic heterocycles. The largest absolute Gasteiger partial charge is 0.481 e. The minimum Gasteiger partial charge on any atom is -0.481 e. The number of pyridine rings is 1. The molecule has 1 aliphatic rings. The van der Waals surface area contributed by atoms with Crippen LogP contribution in [-0.4, -0.2) is 56.7 Å². The highest BCUT2D eigenvalue weighted by molar-refractivity contribution is 7.19. The fourth-order valence-electron chi connectivity index (χ4n) is 5.91. The first-order valence-corrected chi connectivity index (χ1v) is 16.4. The molecule has 0 saturated carbocycles. The second-order valence-electron chi connectivity index (χ2n) is 11.7. The van der Waals surface area contributed by atoms with Gasteiger partial charge in [-0.15, -0.1) is 11.3 Å². The van der Waals surface area contributed by atoms with E-state index in [9.17, 15) is 29.4 Å². The van der Waals surface area contributed by atoms with E-state index >= 15 is 0 Å². The third kappa shape index (κ3) is 7.90. The molecular formula is C36H33N3O9S. The molecule has 0 spiro atoms. The van der Waals surface area contributed by atoms with Gasteiger partial charge in [-0.1, -0.05) is 24.3 Å². The van der Waals surface area contributed by atoms with Crippen molar-refractivity contribution in [2.45, 2.75) is 44.7 Å². The molecule has 12 nitrogen and oxygen atoms in total. The van der Waals surface area contributed by atoms with Gasteiger partial charge in [-0.2, -0.15) is 0 Å². The summed E-state index contributed by atoms with van der Waals surface area (Å²) in [4.78, 5) is 57.0. The van der Waals surface area contributed by atoms with Crippen molar-refractivity contribution in [3.63, 3.8) is 0 Å². The summed E-state index contributed by atoms with van der Waals surface area (Å²) < 4.78 is 18.2. The van der Waals surface area contributed by atoms with Crippen LogP contribution >= 0.6 is 11.3 Å². The number of aromatic nitrogens is 1. The molecular weight excluding hydrogens is 650 g/mol. The van der Waals surface area contributed by atoms with Crippen LogP contribution in [0.2, 0.25) is 0 Å². The fourth-order valence-corrected chi connectivity index (χ4v) is 6.97. The molecule has 5 aromatic rings. The number of aliphatic carboxylic acids is 2. The Kier molecular flexibility index (Phi) is 9.90. The van der Waals surface area contributed by atoms with Gasteiger partial charge in [-0.25, -0.2) is 0 Å². The summed E-state index contributed by atoms with van der Waals surface area (Å²) in [5, 5.41) is 22.9. The Balaban J connectivity index is 1.34. The monoisotopic (exact) mass is 683 g/mol. The highest BCUT2D eigenvalue weighted by Crippen LogP contribution is 2.38. The number of thiophene rings is 1. The van der Waals surface area contributed by atoms with Gasteiger partial charge in [0.25, 0.3) is 5.91 Å². The number of nitrogens with one attached hydrogen (secondary N) is 1. The zero-order chi connectivity index (χ0) is 34.5. The number of hydrogen-bond acceptors (Lipinski definition) is 9. The van der Waals surface area contributed by atoms with Gasteiger partial charge >= 0.3 is 11.9 Å². The normalized spacial score (nSPS) is 13.8. The van der Waals surface area contributed by atoms with E-state index < -0.39 is 54.5 Å². The van der Waals surface area contributed by atoms with Crippen LogP contribution in [0.25, 0.3) is 10.1 Å². The number of nitrogens with zero attached hydrogens (tertiary/aromatic N) is 2. The van der Waals surface area contributed by atoms with Crippen LogP contribution in [0.4, 0.5) is 5.69 Å². The molecule has 4 heterocycles. The van der Waals surface area contributed by atoms with Gasteiger partial charge in [0.05, 0.1) is 30.8 Å². The van der Waals surface area contributed by atoms with E-state index in [0.717, 1.165) is 20.5 Å². The van der Waals surface area contributed by atoms with Crippen LogP contribution in [-0.2, 0) is 27.3 Å². The molecule has 0 aliphatic carbocycles. The topological polar surface area (TPSA) is 168 Å². The van der Waals surface area contributed by atoms with Gasteiger partial charge in [-0.05, 0) is 66.4 Å². The summed E-state index contributed by atoms with van der Waals surface area (Å²) in [6, 6.07) is 21.5. The molecule has 0 unspecified atom stereocenters. The van der Waals surface area contributed by atoms with Crippen molar-refractivity contribution in [3.05, 3.63) is 107 Å². The van der Waals surface area contributed by atoms with Crippen molar-refractivity contribution in [2.75, 3.05) is 12.1 Å². The molecule has 49 heavy (non-hydrogen) atoms. The second-order valence-corrected chi connectivity index (χ2v) is 12.9. The number of carboxylic acid groups (broad SMARTS) is 2. The van der Waals surface area contributed by atoms with E-state index in [0.29, 0.717) is 22.9 Å². The van der Waals surface area contributed by atoms with Crippen LogP contribution in [0.1, 0.15) is 52.4 Å². The summed E-state index contributed by atoms with van der Waals surface area (Å²) in [6.45, 7) is 2.10. The number of anilines is 1. The Morgan fingerprint density at radius 3 is 2.53 bits per heavy atom. The molecule has 3 N–H and O–H groups in total. The van der Waals surface area contributed by atoms with E-state index in [1.165, 1.54) is 17.5 Å². The van der Waals surface area contributed by atoms with Crippen LogP contribution in [0.15, 0.2) is 89.6 Å². The highest BCUT2D eigenvalue weighted by Gasteiger charge is 2.34. The lowest BCUT2D eigenvalue weighted by Gasteiger charge is -2.35. The number of carbonyl (C=O) groups is 4. The summed E-state index contributed by atoms with van der Waals surface area (Å²) >= 11 is 1.52. The number of carboxylic acids is 2. The lowest BCUT2D eigenvalue weighted by atomic mass is 9.86. The molecule has 13 heteroatoms. The number of carbonyl (C=O) groups excluding carboxylic acids is 2. The maximum absolute atomic E-state index is 14.1. The minimum atomic E-state index is -1.41. The average molecular weight is 684 g/mol. The van der Waals surface area contributed by atoms with Crippen molar-refractivity contribution in [1.82, 2.24) is 9.88 Å². The molecule has 0 bridgehead atoms. The standard InChI is InChI=1S/C36H33N3O9S/c1-21(39(33(40)15-24(36(44)45)16-34(41)42)19-27-13-23-5-2-3-7-32(23)49-27)28(22-8-10-29-31(14-22)47-20-46-29)17-26-9-11-30(48-26)35(43)38-25-6-4-12-37-18-25/h2-14,18,21,24,28H,15-17,19-20H2,1H3,(H,38,43)(H,41,42)(H,44,45)/t21-,24-,28+/m1/s1. The van der Waals surface area contributed by atoms with Crippen LogP contribution in [0, 0.1) is 5.92 Å². The number of furan rings is 1. The SMILES string of the molecule is C[C@H]([C@H](Cc1ccc(C(=O)Nc2cccnc2)o1)c1ccc2c(c1)OCO2)N(Cc1cc2ccccc2s1)C(=O)C[C@H](CC(=O)O)C(=O)O. The molecule has 1 aliphatic heterocycles. The molecule has 2 amide bonds. The molecule has 2 aromatic carbocycles. The quantitative estimate of drug-likeness (QED) is 0.123. The Hall–Kier alpha value is -5.69. The van der Waals surface area contributed by atoms with Crippen molar-refractivity contribution in [3.8, 4) is 11.5 Å². The van der Waals surface area contributed by atoms with Crippen LogP contribution < -0.4 is 14.8 Å². The Morgan fingerprint density at radius 1 is 0.959 bits per heavy atom. The number of rotatable bonds is 14. The smallest absolute Gasteiger partial charge is 0.307 e. The first-order valence-electron chi connectivity index (χ1n) is 15.6. The zero-order valence-electron chi connectivity index (χ0n) is 26.4. The third-order valence-electron chi connectivity index (χ3n) is 8.44. The van der Waals surface area contributed by atoms with Gasteiger partial charge < -0.3 is 34.3 Å². The molecule has 0 saturated heterocycles. The molecule has 0 fully saturated rings. The second kappa shape index (κ2) is 14.6. The van der Waals surface area contributed by atoms with Crippen LogP contribution in [0.5, 0.6) is 11.5 Å². The van der Waals surface area contributed by atoms with Gasteiger partial charge in [0.2, 0.25) is 12.7 Å². The summed E-state index contributed by atoms with van der Waals surface area (Å²) in [5.74, 6) is -3.75. The summed E-state index contributed by atoms with van der Waals surface area (Å²) in [5.41, 5.74) is 1.30. The first kappa shape index (κ1) is 33.2. The van der Waals surface area contributed by atoms with E-state index in [1.807, 2.05) is 49.4 Å². The van der Waals surface area contributed by atoms with Crippen molar-refractivity contribution < 1.29 is 43.3 Å². The lowest BCUT2D eigenvalue weighted by Crippen LogP contribution is -2.43. The van der Waals surface area contributed by atoms with Gasteiger partial charge in [0.1, 0.15) is 5.76 Å². The average Bonchev–Trinajstić information content (AvgIpc) is 3.85. The Labute approximate surface area is 284 Å². The number of ether oxygens (including phenoxy) is 2. The van der Waals surface area contributed by atoms with E-state index in [1.54, 1.807) is 41.4 Å². The number of amides is 2. The van der Waals surface area contributed by atoms with E-state index in [4.69, 9.17) is 13.9 Å². The molecule has 6 rings (SSSR count). The predicted molar refractivity (Wildman–Crippen MR) is 180 cm³/mol. The highest BCUT2D eigenvalue weighted by atomic mass is 32.1. The van der Waals surface area contributed by atoms with E-state index in [2.05, 4.69) is 10.3 Å². The summed E-state index contributed by atoms with van der Waals surface area (Å²) in [6.07, 6.45) is 2.19. The van der Waals surface area contributed by atoms with Gasteiger partial charge in [0.15, 0.2) is 17.3 Å². The maximum atomic E-state index is 14.1.